The van der Waals surface area contributed by atoms with E-state index in [1.807, 2.05) is 77.1 Å². The summed E-state index contributed by atoms with van der Waals surface area (Å²) in [6, 6.07) is 15.9. The molecule has 0 radical (unpaired) electrons. The maximum Gasteiger partial charge on any atom is 0.228 e. The van der Waals surface area contributed by atoms with E-state index in [0.717, 1.165) is 16.9 Å². The van der Waals surface area contributed by atoms with Crippen LogP contribution in [0.15, 0.2) is 60.9 Å². The highest BCUT2D eigenvalue weighted by atomic mass is 16.2. The summed E-state index contributed by atoms with van der Waals surface area (Å²) in [6.45, 7) is 3.34. The molecule has 3 rings (SSSR count). The quantitative estimate of drug-likeness (QED) is 0.725. The number of carbonyl (C=O) groups is 1. The number of imidazole rings is 1. The van der Waals surface area contributed by atoms with Gasteiger partial charge in [-0.3, -0.25) is 4.79 Å². The van der Waals surface area contributed by atoms with Crippen LogP contribution in [0.25, 0.3) is 5.65 Å². The highest BCUT2D eigenvalue weighted by molar-refractivity contribution is 5.78. The minimum atomic E-state index is 0.106. The molecule has 1 aromatic carbocycles. The van der Waals surface area contributed by atoms with E-state index in [4.69, 9.17) is 0 Å². The molecule has 22 heavy (non-hydrogen) atoms. The topological polar surface area (TPSA) is 37.6 Å². The van der Waals surface area contributed by atoms with Crippen LogP contribution in [0.4, 0.5) is 0 Å². The molecule has 0 atom stereocenters. The average Bonchev–Trinajstić information content (AvgIpc) is 2.95. The Balaban J connectivity index is 1.71. The number of amides is 1. The maximum atomic E-state index is 12.5. The Hall–Kier alpha value is -2.62. The largest absolute Gasteiger partial charge is 0.338 e. The molecule has 0 N–H and O–H groups in total. The highest BCUT2D eigenvalue weighted by Gasteiger charge is 2.14. The Labute approximate surface area is 130 Å². The van der Waals surface area contributed by atoms with Gasteiger partial charge in [0.15, 0.2) is 0 Å². The van der Waals surface area contributed by atoms with Crippen LogP contribution in [0.5, 0.6) is 0 Å². The van der Waals surface area contributed by atoms with Crippen LogP contribution in [-0.4, -0.2) is 26.7 Å². The van der Waals surface area contributed by atoms with Gasteiger partial charge < -0.3 is 9.30 Å². The molecular formula is C18H19N3O. The van der Waals surface area contributed by atoms with E-state index < -0.39 is 0 Å². The van der Waals surface area contributed by atoms with Gasteiger partial charge in [0.25, 0.3) is 0 Å². The lowest BCUT2D eigenvalue weighted by atomic mass is 10.2. The number of hydrogen-bond donors (Lipinski definition) is 0. The Morgan fingerprint density at radius 1 is 1.14 bits per heavy atom. The van der Waals surface area contributed by atoms with Crippen LogP contribution in [0, 0.1) is 0 Å². The summed E-state index contributed by atoms with van der Waals surface area (Å²) in [5.74, 6) is 0.106. The number of rotatable bonds is 5. The fourth-order valence-corrected chi connectivity index (χ4v) is 2.52. The average molecular weight is 293 g/mol. The van der Waals surface area contributed by atoms with Gasteiger partial charge in [-0.25, -0.2) is 4.98 Å². The number of nitrogens with zero attached hydrogens (tertiary/aromatic N) is 3. The minimum absolute atomic E-state index is 0.106. The van der Waals surface area contributed by atoms with Gasteiger partial charge in [0.05, 0.1) is 12.1 Å². The summed E-state index contributed by atoms with van der Waals surface area (Å²) >= 11 is 0. The van der Waals surface area contributed by atoms with Gasteiger partial charge in [-0.15, -0.1) is 0 Å². The fraction of sp³-hybridized carbons (Fsp3) is 0.222. The monoisotopic (exact) mass is 293 g/mol. The van der Waals surface area contributed by atoms with E-state index in [1.54, 1.807) is 0 Å². The minimum Gasteiger partial charge on any atom is -0.338 e. The fourth-order valence-electron chi connectivity index (χ4n) is 2.52. The Morgan fingerprint density at radius 3 is 2.64 bits per heavy atom. The van der Waals surface area contributed by atoms with Gasteiger partial charge in [-0.05, 0) is 24.6 Å². The second kappa shape index (κ2) is 6.43. The smallest absolute Gasteiger partial charge is 0.228 e. The molecule has 4 heteroatoms. The maximum absolute atomic E-state index is 12.5. The Kier molecular flexibility index (Phi) is 4.19. The van der Waals surface area contributed by atoms with Crippen LogP contribution in [0.3, 0.4) is 0 Å². The normalized spacial score (nSPS) is 10.8. The van der Waals surface area contributed by atoms with Crippen LogP contribution < -0.4 is 0 Å². The zero-order chi connectivity index (χ0) is 15.4. The van der Waals surface area contributed by atoms with Crippen molar-refractivity contribution in [2.24, 2.45) is 0 Å². The summed E-state index contributed by atoms with van der Waals surface area (Å²) in [4.78, 5) is 18.9. The number of pyridine rings is 1. The van der Waals surface area contributed by atoms with Gasteiger partial charge in [0.1, 0.15) is 5.65 Å². The molecule has 0 saturated heterocycles. The first-order valence-electron chi connectivity index (χ1n) is 7.50. The number of carbonyl (C=O) groups excluding carboxylic acids is 1. The lowest BCUT2D eigenvalue weighted by Gasteiger charge is -2.20. The first kappa shape index (κ1) is 14.3. The molecule has 4 nitrogen and oxygen atoms in total. The van der Waals surface area contributed by atoms with Gasteiger partial charge in [0, 0.05) is 25.5 Å². The molecule has 1 amide bonds. The number of aromatic nitrogens is 2. The number of hydrogen-bond acceptors (Lipinski definition) is 2. The van der Waals surface area contributed by atoms with Crippen molar-refractivity contribution in [3.8, 4) is 0 Å². The number of likely N-dealkylation sites (N-methyl/N-ethyl adjacent to an activating group) is 1. The summed E-state index contributed by atoms with van der Waals surface area (Å²) in [7, 11) is 0. The van der Waals surface area contributed by atoms with Crippen molar-refractivity contribution in [3.63, 3.8) is 0 Å². The lowest BCUT2D eigenvalue weighted by Crippen LogP contribution is -2.31. The van der Waals surface area contributed by atoms with Gasteiger partial charge in [-0.2, -0.15) is 0 Å². The molecule has 0 aliphatic carbocycles. The van der Waals surface area contributed by atoms with Crippen LogP contribution >= 0.6 is 0 Å². The first-order chi connectivity index (χ1) is 10.8. The van der Waals surface area contributed by atoms with Crippen molar-refractivity contribution in [2.45, 2.75) is 19.9 Å². The predicted octanol–water partition coefficient (Wildman–Crippen LogP) is 2.93. The van der Waals surface area contributed by atoms with Gasteiger partial charge >= 0.3 is 0 Å². The zero-order valence-corrected chi connectivity index (χ0v) is 12.6. The van der Waals surface area contributed by atoms with Crippen LogP contribution in [-0.2, 0) is 17.8 Å². The van der Waals surface area contributed by atoms with E-state index in [2.05, 4.69) is 4.98 Å². The summed E-state index contributed by atoms with van der Waals surface area (Å²) < 4.78 is 1.94. The SMILES string of the molecule is CCN(Cc1ccccc1)C(=O)Cc1cn2ccccc2n1. The molecule has 0 spiro atoms. The van der Waals surface area contributed by atoms with Crippen molar-refractivity contribution >= 4 is 11.6 Å². The molecule has 0 fully saturated rings. The van der Waals surface area contributed by atoms with Crippen molar-refractivity contribution in [1.82, 2.24) is 14.3 Å². The van der Waals surface area contributed by atoms with E-state index in [9.17, 15) is 4.79 Å². The zero-order valence-electron chi connectivity index (χ0n) is 12.6. The molecule has 0 bridgehead atoms. The van der Waals surface area contributed by atoms with E-state index in [1.165, 1.54) is 0 Å². The third kappa shape index (κ3) is 3.17. The van der Waals surface area contributed by atoms with Gasteiger partial charge in [-0.1, -0.05) is 36.4 Å². The van der Waals surface area contributed by atoms with E-state index in [0.29, 0.717) is 19.5 Å². The van der Waals surface area contributed by atoms with Crippen LogP contribution in [0.2, 0.25) is 0 Å². The standard InChI is InChI=1S/C18H19N3O/c1-2-20(13-15-8-4-3-5-9-15)18(22)12-16-14-21-11-7-6-10-17(21)19-16/h3-11,14H,2,12-13H2,1H3. The van der Waals surface area contributed by atoms with Crippen molar-refractivity contribution in [3.05, 3.63) is 72.2 Å². The Morgan fingerprint density at radius 2 is 1.91 bits per heavy atom. The molecule has 2 heterocycles. The Bertz CT molecular complexity index is 731. The molecule has 3 aromatic rings. The number of fused-ring (bicyclic) bond motifs is 1. The number of benzene rings is 1. The van der Waals surface area contributed by atoms with Crippen LogP contribution in [0.1, 0.15) is 18.2 Å². The third-order valence-corrected chi connectivity index (χ3v) is 3.70. The third-order valence-electron chi connectivity index (χ3n) is 3.70. The summed E-state index contributed by atoms with van der Waals surface area (Å²) in [6.07, 6.45) is 4.20. The molecule has 0 unspecified atom stereocenters. The second-order valence-corrected chi connectivity index (χ2v) is 5.27. The molecule has 2 aromatic heterocycles. The summed E-state index contributed by atoms with van der Waals surface area (Å²) in [5, 5.41) is 0. The van der Waals surface area contributed by atoms with E-state index >= 15 is 0 Å². The predicted molar refractivity (Wildman–Crippen MR) is 86.4 cm³/mol. The molecular weight excluding hydrogens is 274 g/mol. The summed E-state index contributed by atoms with van der Waals surface area (Å²) in [5.41, 5.74) is 2.83. The van der Waals surface area contributed by atoms with Crippen molar-refractivity contribution < 1.29 is 4.79 Å². The lowest BCUT2D eigenvalue weighted by molar-refractivity contribution is -0.130. The van der Waals surface area contributed by atoms with Crippen molar-refractivity contribution in [2.75, 3.05) is 6.54 Å². The molecule has 0 aliphatic rings. The first-order valence-corrected chi connectivity index (χ1v) is 7.50. The highest BCUT2D eigenvalue weighted by Crippen LogP contribution is 2.09. The van der Waals surface area contributed by atoms with Gasteiger partial charge in [0.2, 0.25) is 5.91 Å². The molecule has 112 valence electrons. The van der Waals surface area contributed by atoms with Crippen molar-refractivity contribution in [1.29, 1.82) is 0 Å². The second-order valence-electron chi connectivity index (χ2n) is 5.27. The molecule has 0 aliphatic heterocycles. The van der Waals surface area contributed by atoms with E-state index in [-0.39, 0.29) is 5.91 Å². The molecule has 0 saturated carbocycles.